The molecule has 0 radical (unpaired) electrons. The van der Waals surface area contributed by atoms with Crippen molar-refractivity contribution in [2.45, 2.75) is 29.7 Å². The van der Waals surface area contributed by atoms with E-state index in [9.17, 15) is 4.79 Å². The minimum atomic E-state index is -0.180. The predicted octanol–water partition coefficient (Wildman–Crippen LogP) is 7.04. The van der Waals surface area contributed by atoms with Crippen LogP contribution >= 0.6 is 23.4 Å². The van der Waals surface area contributed by atoms with Crippen molar-refractivity contribution in [1.29, 1.82) is 0 Å². The SMILES string of the molecule is CSc1ccc(C2Nc3ccccc3NC3=C2C(=O)CC(c2ccc(Cl)cc2)C3)cc1. The molecule has 31 heavy (non-hydrogen) atoms. The van der Waals surface area contributed by atoms with Gasteiger partial charge in [-0.05, 0) is 66.1 Å². The summed E-state index contributed by atoms with van der Waals surface area (Å²) in [4.78, 5) is 14.7. The van der Waals surface area contributed by atoms with Crippen molar-refractivity contribution in [1.82, 2.24) is 0 Å². The number of Topliss-reactive ketones (excluding diaryl/α,β-unsaturated/α-hetero) is 1. The summed E-state index contributed by atoms with van der Waals surface area (Å²) in [5.41, 5.74) is 6.11. The number of ketones is 1. The highest BCUT2D eigenvalue weighted by molar-refractivity contribution is 7.98. The van der Waals surface area contributed by atoms with E-state index in [-0.39, 0.29) is 17.7 Å². The van der Waals surface area contributed by atoms with E-state index in [2.05, 4.69) is 53.3 Å². The Morgan fingerprint density at radius 1 is 0.871 bits per heavy atom. The summed E-state index contributed by atoms with van der Waals surface area (Å²) < 4.78 is 0. The van der Waals surface area contributed by atoms with Crippen LogP contribution in [0.15, 0.2) is 89.0 Å². The Bertz CT molecular complexity index is 1150. The standard InChI is InChI=1S/C26H23ClN2OS/c1-31-20-12-8-17(9-13-20)26-25-23(28-21-4-2-3-5-22(21)29-26)14-18(15-24(25)30)16-6-10-19(27)11-7-16/h2-13,18,26,28-29H,14-15H2,1H3. The molecule has 2 unspecified atom stereocenters. The first-order valence-corrected chi connectivity index (χ1v) is 12.0. The Kier molecular flexibility index (Phi) is 5.51. The van der Waals surface area contributed by atoms with Crippen LogP contribution in [0, 0.1) is 0 Å². The summed E-state index contributed by atoms with van der Waals surface area (Å²) in [6.07, 6.45) is 3.36. The molecular weight excluding hydrogens is 424 g/mol. The van der Waals surface area contributed by atoms with Gasteiger partial charge in [0.15, 0.2) is 5.78 Å². The highest BCUT2D eigenvalue weighted by atomic mass is 35.5. The van der Waals surface area contributed by atoms with Gasteiger partial charge in [-0.15, -0.1) is 11.8 Å². The molecule has 2 aliphatic rings. The zero-order chi connectivity index (χ0) is 21.4. The number of nitrogens with one attached hydrogen (secondary N) is 2. The number of allylic oxidation sites excluding steroid dienone is 1. The van der Waals surface area contributed by atoms with Crippen molar-refractivity contribution < 1.29 is 4.79 Å². The Hall–Kier alpha value is -2.69. The third-order valence-electron chi connectivity index (χ3n) is 6.10. The van der Waals surface area contributed by atoms with E-state index in [1.165, 1.54) is 4.90 Å². The average molecular weight is 447 g/mol. The smallest absolute Gasteiger partial charge is 0.163 e. The van der Waals surface area contributed by atoms with Crippen molar-refractivity contribution in [3.05, 3.63) is 100 Å². The molecule has 0 saturated carbocycles. The van der Waals surface area contributed by atoms with E-state index in [0.717, 1.165) is 40.2 Å². The fourth-order valence-electron chi connectivity index (χ4n) is 4.51. The van der Waals surface area contributed by atoms with Gasteiger partial charge < -0.3 is 10.6 Å². The second kappa shape index (κ2) is 8.45. The lowest BCUT2D eigenvalue weighted by Gasteiger charge is -2.30. The van der Waals surface area contributed by atoms with Gasteiger partial charge in [-0.25, -0.2) is 0 Å². The molecule has 2 atom stereocenters. The quantitative estimate of drug-likeness (QED) is 0.423. The average Bonchev–Trinajstić information content (AvgIpc) is 2.96. The zero-order valence-corrected chi connectivity index (χ0v) is 18.8. The van der Waals surface area contributed by atoms with Crippen LogP contribution in [0.1, 0.15) is 35.9 Å². The van der Waals surface area contributed by atoms with E-state index in [4.69, 9.17) is 11.6 Å². The van der Waals surface area contributed by atoms with Gasteiger partial charge in [-0.2, -0.15) is 0 Å². The molecular formula is C26H23ClN2OS. The number of halogens is 1. The van der Waals surface area contributed by atoms with Crippen molar-refractivity contribution >= 4 is 40.5 Å². The maximum atomic E-state index is 13.5. The number of carbonyl (C=O) groups excluding carboxylic acids is 1. The molecule has 5 rings (SSSR count). The zero-order valence-electron chi connectivity index (χ0n) is 17.2. The van der Waals surface area contributed by atoms with Gasteiger partial charge in [0.2, 0.25) is 0 Å². The van der Waals surface area contributed by atoms with Crippen LogP contribution in [0.25, 0.3) is 0 Å². The summed E-state index contributed by atoms with van der Waals surface area (Å²) in [5, 5.41) is 7.94. The Labute approximate surface area is 191 Å². The topological polar surface area (TPSA) is 41.1 Å². The molecule has 3 aromatic carbocycles. The van der Waals surface area contributed by atoms with E-state index >= 15 is 0 Å². The van der Waals surface area contributed by atoms with Gasteiger partial charge in [0.1, 0.15) is 0 Å². The summed E-state index contributed by atoms with van der Waals surface area (Å²) in [6, 6.07) is 24.3. The van der Waals surface area contributed by atoms with Gasteiger partial charge in [0, 0.05) is 27.6 Å². The maximum absolute atomic E-state index is 13.5. The molecule has 1 aliphatic carbocycles. The lowest BCUT2D eigenvalue weighted by Crippen LogP contribution is -2.26. The minimum absolute atomic E-state index is 0.140. The number of para-hydroxylation sites is 2. The van der Waals surface area contributed by atoms with Crippen LogP contribution in [0.3, 0.4) is 0 Å². The highest BCUT2D eigenvalue weighted by Crippen LogP contribution is 2.44. The van der Waals surface area contributed by atoms with E-state index in [1.807, 2.05) is 36.4 Å². The normalized spacial score (nSPS) is 20.3. The molecule has 5 heteroatoms. The van der Waals surface area contributed by atoms with Crippen LogP contribution in [-0.4, -0.2) is 12.0 Å². The van der Waals surface area contributed by atoms with Crippen LogP contribution in [-0.2, 0) is 4.79 Å². The lowest BCUT2D eigenvalue weighted by atomic mass is 9.78. The molecule has 0 fully saturated rings. The third kappa shape index (κ3) is 3.98. The maximum Gasteiger partial charge on any atom is 0.163 e. The largest absolute Gasteiger partial charge is 0.372 e. The van der Waals surface area contributed by atoms with Crippen LogP contribution in [0.2, 0.25) is 5.02 Å². The van der Waals surface area contributed by atoms with Crippen LogP contribution in [0.5, 0.6) is 0 Å². The number of rotatable bonds is 3. The fourth-order valence-corrected chi connectivity index (χ4v) is 5.04. The number of hydrogen-bond acceptors (Lipinski definition) is 4. The van der Waals surface area contributed by atoms with Crippen molar-refractivity contribution in [3.63, 3.8) is 0 Å². The van der Waals surface area contributed by atoms with Crippen molar-refractivity contribution in [2.24, 2.45) is 0 Å². The third-order valence-corrected chi connectivity index (χ3v) is 7.10. The summed E-state index contributed by atoms with van der Waals surface area (Å²) in [6.45, 7) is 0. The molecule has 0 saturated heterocycles. The van der Waals surface area contributed by atoms with E-state index in [0.29, 0.717) is 11.4 Å². The lowest BCUT2D eigenvalue weighted by molar-refractivity contribution is -0.116. The number of thioether (sulfide) groups is 1. The summed E-state index contributed by atoms with van der Waals surface area (Å²) in [5.74, 6) is 0.328. The number of fused-ring (bicyclic) bond motifs is 1. The second-order valence-corrected chi connectivity index (χ2v) is 9.31. The molecule has 3 aromatic rings. The summed E-state index contributed by atoms with van der Waals surface area (Å²) >= 11 is 7.80. The van der Waals surface area contributed by atoms with Crippen molar-refractivity contribution in [3.8, 4) is 0 Å². The second-order valence-electron chi connectivity index (χ2n) is 7.99. The molecule has 0 aromatic heterocycles. The van der Waals surface area contributed by atoms with Crippen LogP contribution < -0.4 is 10.6 Å². The Balaban J connectivity index is 1.58. The van der Waals surface area contributed by atoms with E-state index in [1.54, 1.807) is 11.8 Å². The van der Waals surface area contributed by atoms with Gasteiger partial charge >= 0.3 is 0 Å². The summed E-state index contributed by atoms with van der Waals surface area (Å²) in [7, 11) is 0. The molecule has 0 amide bonds. The predicted molar refractivity (Wildman–Crippen MR) is 130 cm³/mol. The van der Waals surface area contributed by atoms with E-state index < -0.39 is 0 Å². The first kappa shape index (κ1) is 20.2. The minimum Gasteiger partial charge on any atom is -0.372 e. The van der Waals surface area contributed by atoms with Gasteiger partial charge in [-0.3, -0.25) is 4.79 Å². The van der Waals surface area contributed by atoms with Gasteiger partial charge in [-0.1, -0.05) is 48.0 Å². The molecule has 0 bridgehead atoms. The Morgan fingerprint density at radius 3 is 2.26 bits per heavy atom. The number of anilines is 2. The van der Waals surface area contributed by atoms with Gasteiger partial charge in [0.25, 0.3) is 0 Å². The van der Waals surface area contributed by atoms with Crippen molar-refractivity contribution in [2.75, 3.05) is 16.9 Å². The molecule has 2 N–H and O–H groups in total. The first-order valence-electron chi connectivity index (χ1n) is 10.4. The molecule has 1 aliphatic heterocycles. The number of benzene rings is 3. The molecule has 1 heterocycles. The number of hydrogen-bond donors (Lipinski definition) is 2. The highest BCUT2D eigenvalue weighted by Gasteiger charge is 2.36. The van der Waals surface area contributed by atoms with Gasteiger partial charge in [0.05, 0.1) is 17.4 Å². The molecule has 3 nitrogen and oxygen atoms in total. The fraction of sp³-hybridized carbons (Fsp3) is 0.192. The first-order chi connectivity index (χ1) is 15.1. The molecule has 156 valence electrons. The van der Waals surface area contributed by atoms with Crippen LogP contribution in [0.4, 0.5) is 11.4 Å². The molecule has 0 spiro atoms. The monoisotopic (exact) mass is 446 g/mol. The Morgan fingerprint density at radius 2 is 1.55 bits per heavy atom. The number of carbonyl (C=O) groups is 1.